The standard InChI is InChI=1S/C22H19ClFNO3.ClH/c23-19-9-10-21(28-14-17-3-1-2-4-20(17)24)18(11-19)13-25-12-15-5-7-16(8-6-15)22(26)27;/h1-11,25H,12-14H2,(H,26,27);1H/p-1. The number of benzene rings is 3. The first-order valence-corrected chi connectivity index (χ1v) is 9.08. The number of hydrogen-bond donors (Lipinski definition) is 2. The van der Waals surface area contributed by atoms with Crippen molar-refractivity contribution in [3.63, 3.8) is 0 Å². The average Bonchev–Trinajstić information content (AvgIpc) is 2.69. The molecule has 7 heteroatoms. The van der Waals surface area contributed by atoms with E-state index in [0.717, 1.165) is 11.1 Å². The Bertz CT molecular complexity index is 965. The number of rotatable bonds is 8. The van der Waals surface area contributed by atoms with Crippen LogP contribution in [0.1, 0.15) is 27.0 Å². The summed E-state index contributed by atoms with van der Waals surface area (Å²) in [6.45, 7) is 1.17. The number of carboxylic acid groups (broad SMARTS) is 1. The number of carboxylic acids is 1. The number of halogens is 3. The zero-order chi connectivity index (χ0) is 19.9. The third-order valence-corrected chi connectivity index (χ3v) is 4.44. The topological polar surface area (TPSA) is 58.6 Å². The summed E-state index contributed by atoms with van der Waals surface area (Å²) in [5.41, 5.74) is 2.55. The number of carbonyl (C=O) groups is 1. The molecule has 4 nitrogen and oxygen atoms in total. The van der Waals surface area contributed by atoms with Gasteiger partial charge < -0.3 is 27.6 Å². The fourth-order valence-electron chi connectivity index (χ4n) is 2.70. The lowest BCUT2D eigenvalue weighted by Crippen LogP contribution is -3.00. The predicted molar refractivity (Wildman–Crippen MR) is 106 cm³/mol. The fraction of sp³-hybridized carbons (Fsp3) is 0.136. The molecule has 0 spiro atoms. The Balaban J connectivity index is 0.00000300. The molecule has 0 fully saturated rings. The molecular formula is C22H19Cl2FNO3-. The lowest BCUT2D eigenvalue weighted by atomic mass is 10.1. The summed E-state index contributed by atoms with van der Waals surface area (Å²) < 4.78 is 19.6. The van der Waals surface area contributed by atoms with Gasteiger partial charge in [-0.05, 0) is 42.0 Å². The summed E-state index contributed by atoms with van der Waals surface area (Å²) in [7, 11) is 0. The van der Waals surface area contributed by atoms with Gasteiger partial charge in [-0.1, -0.05) is 41.9 Å². The van der Waals surface area contributed by atoms with E-state index in [9.17, 15) is 9.18 Å². The molecule has 29 heavy (non-hydrogen) atoms. The van der Waals surface area contributed by atoms with Gasteiger partial charge in [0, 0.05) is 29.2 Å². The lowest BCUT2D eigenvalue weighted by Gasteiger charge is -2.13. The molecule has 2 N–H and O–H groups in total. The highest BCUT2D eigenvalue weighted by Crippen LogP contribution is 2.24. The van der Waals surface area contributed by atoms with Crippen LogP contribution in [0.15, 0.2) is 66.7 Å². The van der Waals surface area contributed by atoms with Crippen LogP contribution in [0.4, 0.5) is 4.39 Å². The normalized spacial score (nSPS) is 10.3. The van der Waals surface area contributed by atoms with Crippen molar-refractivity contribution < 1.29 is 31.4 Å². The molecule has 3 rings (SSSR count). The van der Waals surface area contributed by atoms with Crippen molar-refractivity contribution in [2.24, 2.45) is 0 Å². The summed E-state index contributed by atoms with van der Waals surface area (Å²) in [6, 6.07) is 18.5. The number of hydrogen-bond acceptors (Lipinski definition) is 3. The van der Waals surface area contributed by atoms with Crippen molar-refractivity contribution in [2.45, 2.75) is 19.7 Å². The van der Waals surface area contributed by atoms with Gasteiger partial charge in [-0.2, -0.15) is 0 Å². The molecule has 0 atom stereocenters. The number of aromatic carboxylic acids is 1. The molecule has 0 bridgehead atoms. The third-order valence-electron chi connectivity index (χ3n) is 4.21. The Labute approximate surface area is 179 Å². The minimum atomic E-state index is -0.949. The van der Waals surface area contributed by atoms with Crippen LogP contribution in [0.25, 0.3) is 0 Å². The maximum absolute atomic E-state index is 13.8. The van der Waals surface area contributed by atoms with Crippen LogP contribution in [0.2, 0.25) is 5.02 Å². The molecule has 0 saturated carbocycles. The van der Waals surface area contributed by atoms with E-state index < -0.39 is 5.97 Å². The van der Waals surface area contributed by atoms with Gasteiger partial charge in [-0.3, -0.25) is 0 Å². The van der Waals surface area contributed by atoms with Gasteiger partial charge in [0.2, 0.25) is 0 Å². The van der Waals surface area contributed by atoms with Gasteiger partial charge in [0.05, 0.1) is 5.56 Å². The van der Waals surface area contributed by atoms with Crippen LogP contribution in [0.5, 0.6) is 5.75 Å². The van der Waals surface area contributed by atoms with E-state index in [0.29, 0.717) is 29.4 Å². The first-order valence-electron chi connectivity index (χ1n) is 8.70. The molecule has 0 saturated heterocycles. The second-order valence-corrected chi connectivity index (χ2v) is 6.67. The third kappa shape index (κ3) is 6.46. The molecule has 0 amide bonds. The van der Waals surface area contributed by atoms with Gasteiger partial charge in [0.25, 0.3) is 0 Å². The molecule has 0 aliphatic rings. The smallest absolute Gasteiger partial charge is 0.335 e. The minimum absolute atomic E-state index is 0. The molecule has 0 aliphatic carbocycles. The van der Waals surface area contributed by atoms with Crippen molar-refractivity contribution in [1.82, 2.24) is 5.32 Å². The maximum Gasteiger partial charge on any atom is 0.335 e. The largest absolute Gasteiger partial charge is 1.00 e. The second-order valence-electron chi connectivity index (χ2n) is 6.24. The zero-order valence-electron chi connectivity index (χ0n) is 15.4. The summed E-state index contributed by atoms with van der Waals surface area (Å²) in [5.74, 6) is -0.627. The molecule has 3 aromatic carbocycles. The summed E-state index contributed by atoms with van der Waals surface area (Å²) in [5, 5.41) is 12.8. The highest BCUT2D eigenvalue weighted by molar-refractivity contribution is 6.30. The van der Waals surface area contributed by atoms with E-state index in [1.807, 2.05) is 0 Å². The van der Waals surface area contributed by atoms with Gasteiger partial charge >= 0.3 is 5.97 Å². The van der Waals surface area contributed by atoms with Gasteiger partial charge in [-0.25, -0.2) is 9.18 Å². The molecule has 0 aliphatic heterocycles. The average molecular weight is 435 g/mol. The predicted octanol–water partition coefficient (Wildman–Crippen LogP) is 2.05. The van der Waals surface area contributed by atoms with Crippen molar-refractivity contribution in [3.05, 3.63) is 99.8 Å². The van der Waals surface area contributed by atoms with Gasteiger partial charge in [0.1, 0.15) is 18.2 Å². The first-order chi connectivity index (χ1) is 13.5. The molecule has 152 valence electrons. The van der Waals surface area contributed by atoms with Gasteiger partial charge in [0.15, 0.2) is 0 Å². The van der Waals surface area contributed by atoms with E-state index in [4.69, 9.17) is 21.4 Å². The Kier molecular flexibility index (Phi) is 8.46. The molecule has 0 radical (unpaired) electrons. The summed E-state index contributed by atoms with van der Waals surface area (Å²) in [4.78, 5) is 10.9. The van der Waals surface area contributed by atoms with E-state index in [1.165, 1.54) is 6.07 Å². The van der Waals surface area contributed by atoms with Crippen molar-refractivity contribution >= 4 is 17.6 Å². The number of ether oxygens (including phenoxy) is 1. The van der Waals surface area contributed by atoms with Crippen LogP contribution in [-0.2, 0) is 19.7 Å². The van der Waals surface area contributed by atoms with E-state index in [1.54, 1.807) is 60.7 Å². The van der Waals surface area contributed by atoms with Gasteiger partial charge in [-0.15, -0.1) is 0 Å². The summed E-state index contributed by atoms with van der Waals surface area (Å²) in [6.07, 6.45) is 0. The zero-order valence-corrected chi connectivity index (χ0v) is 16.9. The number of nitrogens with one attached hydrogen (secondary N) is 1. The SMILES string of the molecule is O=C(O)c1ccc(CNCc2cc(Cl)ccc2OCc2ccccc2F)cc1.[Cl-]. The van der Waals surface area contributed by atoms with E-state index >= 15 is 0 Å². The minimum Gasteiger partial charge on any atom is -1.00 e. The van der Waals surface area contributed by atoms with Crippen molar-refractivity contribution in [2.75, 3.05) is 0 Å². The Morgan fingerprint density at radius 2 is 1.72 bits per heavy atom. The second kappa shape index (κ2) is 10.8. The Morgan fingerprint density at radius 1 is 1.00 bits per heavy atom. The molecule has 0 aromatic heterocycles. The van der Waals surface area contributed by atoms with Crippen LogP contribution in [0.3, 0.4) is 0 Å². The molecule has 3 aromatic rings. The first kappa shape index (κ1) is 22.7. The van der Waals surface area contributed by atoms with E-state index in [2.05, 4.69) is 5.32 Å². The summed E-state index contributed by atoms with van der Waals surface area (Å²) >= 11 is 6.10. The quantitative estimate of drug-likeness (QED) is 0.569. The van der Waals surface area contributed by atoms with Crippen LogP contribution in [0, 0.1) is 5.82 Å². The lowest BCUT2D eigenvalue weighted by molar-refractivity contribution is -0.0000220. The van der Waals surface area contributed by atoms with Crippen LogP contribution in [-0.4, -0.2) is 11.1 Å². The Hall–Kier alpha value is -2.60. The van der Waals surface area contributed by atoms with Crippen molar-refractivity contribution in [1.29, 1.82) is 0 Å². The monoisotopic (exact) mass is 434 g/mol. The molecular weight excluding hydrogens is 416 g/mol. The van der Waals surface area contributed by atoms with Crippen LogP contribution < -0.4 is 22.5 Å². The fourth-order valence-corrected chi connectivity index (χ4v) is 2.90. The highest BCUT2D eigenvalue weighted by atomic mass is 35.5. The van der Waals surface area contributed by atoms with Crippen LogP contribution >= 0.6 is 11.6 Å². The maximum atomic E-state index is 13.8. The molecule has 0 unspecified atom stereocenters. The Morgan fingerprint density at radius 3 is 2.41 bits per heavy atom. The highest BCUT2D eigenvalue weighted by Gasteiger charge is 2.08. The van der Waals surface area contributed by atoms with E-state index in [-0.39, 0.29) is 30.4 Å². The van der Waals surface area contributed by atoms with Crippen molar-refractivity contribution in [3.8, 4) is 5.75 Å². The molecule has 0 heterocycles.